The number of nitrogens with one attached hydrogen (secondary N) is 1. The van der Waals surface area contributed by atoms with E-state index in [4.69, 9.17) is 0 Å². The van der Waals surface area contributed by atoms with Crippen LogP contribution in [0.5, 0.6) is 0 Å². The minimum atomic E-state index is -1.03. The van der Waals surface area contributed by atoms with Crippen LogP contribution in [0.25, 0.3) is 0 Å². The molecule has 0 aromatic heterocycles. The molecule has 0 bridgehead atoms. The third-order valence-corrected chi connectivity index (χ3v) is 4.28. The summed E-state index contributed by atoms with van der Waals surface area (Å²) in [7, 11) is 0. The van der Waals surface area contributed by atoms with Crippen molar-refractivity contribution in [2.75, 3.05) is 16.8 Å². The maximum atomic E-state index is 13.2. The number of rotatable bonds is 5. The number of amides is 2. The Hall–Kier alpha value is -2.76. The number of nitrogens with zero attached hydrogens (tertiary/aromatic N) is 1. The van der Waals surface area contributed by atoms with Gasteiger partial charge in [-0.1, -0.05) is 18.2 Å². The van der Waals surface area contributed by atoms with Gasteiger partial charge in [0.15, 0.2) is 11.6 Å². The van der Waals surface area contributed by atoms with Crippen LogP contribution < -0.4 is 10.2 Å². The fraction of sp³-hybridized carbons (Fsp3) is 0.263. The molecule has 1 saturated carbocycles. The first-order valence-corrected chi connectivity index (χ1v) is 8.13. The Morgan fingerprint density at radius 3 is 2.44 bits per heavy atom. The van der Waals surface area contributed by atoms with Gasteiger partial charge in [0.2, 0.25) is 11.8 Å². The van der Waals surface area contributed by atoms with Crippen molar-refractivity contribution in [2.24, 2.45) is 11.8 Å². The first kappa shape index (κ1) is 17.1. The van der Waals surface area contributed by atoms with Crippen LogP contribution in [0.4, 0.5) is 20.2 Å². The van der Waals surface area contributed by atoms with Gasteiger partial charge in [0.05, 0.1) is 11.8 Å². The Morgan fingerprint density at radius 1 is 1.08 bits per heavy atom. The van der Waals surface area contributed by atoms with E-state index in [-0.39, 0.29) is 23.4 Å². The zero-order valence-corrected chi connectivity index (χ0v) is 13.7. The van der Waals surface area contributed by atoms with Crippen molar-refractivity contribution in [3.63, 3.8) is 0 Å². The monoisotopic (exact) mass is 344 g/mol. The molecule has 130 valence electrons. The second kappa shape index (κ2) is 7.01. The van der Waals surface area contributed by atoms with Crippen LogP contribution >= 0.6 is 0 Å². The van der Waals surface area contributed by atoms with Crippen LogP contribution in [0.3, 0.4) is 0 Å². The lowest BCUT2D eigenvalue weighted by Gasteiger charge is -2.21. The van der Waals surface area contributed by atoms with Crippen LogP contribution in [-0.2, 0) is 9.59 Å². The Morgan fingerprint density at radius 2 is 1.80 bits per heavy atom. The largest absolute Gasteiger partial charge is 0.326 e. The van der Waals surface area contributed by atoms with Crippen LogP contribution in [0.15, 0.2) is 48.5 Å². The third kappa shape index (κ3) is 3.68. The average Bonchev–Trinajstić information content (AvgIpc) is 3.40. The molecule has 25 heavy (non-hydrogen) atoms. The lowest BCUT2D eigenvalue weighted by Crippen LogP contribution is -2.33. The van der Waals surface area contributed by atoms with Gasteiger partial charge in [-0.05, 0) is 37.6 Å². The second-order valence-corrected chi connectivity index (χ2v) is 5.98. The van der Waals surface area contributed by atoms with Crippen LogP contribution in [0.2, 0.25) is 0 Å². The molecule has 0 saturated heterocycles. The molecule has 3 rings (SSSR count). The van der Waals surface area contributed by atoms with Gasteiger partial charge in [-0.3, -0.25) is 9.59 Å². The minimum absolute atomic E-state index is 0.0980. The number of carbonyl (C=O) groups excluding carboxylic acids is 2. The number of anilines is 2. The van der Waals surface area contributed by atoms with Gasteiger partial charge in [-0.15, -0.1) is 0 Å². The lowest BCUT2D eigenvalue weighted by atomic mass is 10.2. The van der Waals surface area contributed by atoms with E-state index in [2.05, 4.69) is 5.32 Å². The van der Waals surface area contributed by atoms with E-state index in [0.717, 1.165) is 17.8 Å². The normalized spacial score (nSPS) is 18.5. The van der Waals surface area contributed by atoms with E-state index in [1.54, 1.807) is 4.90 Å². The molecule has 0 spiro atoms. The van der Waals surface area contributed by atoms with E-state index < -0.39 is 17.6 Å². The zero-order valence-electron chi connectivity index (χ0n) is 13.7. The molecule has 2 aromatic carbocycles. The molecule has 2 unspecified atom stereocenters. The highest BCUT2D eigenvalue weighted by atomic mass is 19.2. The summed E-state index contributed by atoms with van der Waals surface area (Å²) in [5.41, 5.74) is 0.971. The highest BCUT2D eigenvalue weighted by Crippen LogP contribution is 2.41. The topological polar surface area (TPSA) is 49.4 Å². The van der Waals surface area contributed by atoms with Gasteiger partial charge in [0.25, 0.3) is 0 Å². The number of hydrogen-bond donors (Lipinski definition) is 1. The standard InChI is InChI=1S/C19H18F2N2O2/c1-2-23(13-6-4-3-5-7-13)19(25)15-11-14(15)18(24)22-12-8-9-16(20)17(21)10-12/h3-10,14-15H,2,11H2,1H3,(H,22,24). The maximum absolute atomic E-state index is 13.2. The molecule has 2 atom stereocenters. The van der Waals surface area contributed by atoms with Gasteiger partial charge in [0, 0.05) is 24.0 Å². The van der Waals surface area contributed by atoms with Gasteiger partial charge in [0.1, 0.15) is 0 Å². The quantitative estimate of drug-likeness (QED) is 0.901. The number of para-hydroxylation sites is 1. The van der Waals surface area contributed by atoms with Crippen LogP contribution in [0, 0.1) is 23.5 Å². The Labute approximate surface area is 144 Å². The molecule has 4 nitrogen and oxygen atoms in total. The minimum Gasteiger partial charge on any atom is -0.326 e. The molecule has 0 aliphatic heterocycles. The molecule has 0 heterocycles. The van der Waals surface area contributed by atoms with Crippen LogP contribution in [0.1, 0.15) is 13.3 Å². The fourth-order valence-corrected chi connectivity index (χ4v) is 2.84. The first-order chi connectivity index (χ1) is 12.0. The number of carbonyl (C=O) groups is 2. The van der Waals surface area contributed by atoms with E-state index in [1.165, 1.54) is 6.07 Å². The first-order valence-electron chi connectivity index (χ1n) is 8.13. The van der Waals surface area contributed by atoms with Crippen LogP contribution in [-0.4, -0.2) is 18.4 Å². The van der Waals surface area contributed by atoms with Crippen molar-refractivity contribution >= 4 is 23.2 Å². The third-order valence-electron chi connectivity index (χ3n) is 4.28. The predicted molar refractivity (Wildman–Crippen MR) is 91.1 cm³/mol. The molecular weight excluding hydrogens is 326 g/mol. The van der Waals surface area contributed by atoms with Crippen molar-refractivity contribution in [1.29, 1.82) is 0 Å². The fourth-order valence-electron chi connectivity index (χ4n) is 2.84. The molecular formula is C19H18F2N2O2. The molecule has 6 heteroatoms. The Balaban J connectivity index is 1.64. The number of hydrogen-bond acceptors (Lipinski definition) is 2. The summed E-state index contributed by atoms with van der Waals surface area (Å²) in [6.07, 6.45) is 0.456. The summed E-state index contributed by atoms with van der Waals surface area (Å²) in [6.45, 7) is 2.39. The number of halogens is 2. The summed E-state index contributed by atoms with van der Waals surface area (Å²) < 4.78 is 26.1. The zero-order chi connectivity index (χ0) is 18.0. The predicted octanol–water partition coefficient (Wildman–Crippen LogP) is 3.59. The second-order valence-electron chi connectivity index (χ2n) is 5.98. The van der Waals surface area contributed by atoms with E-state index >= 15 is 0 Å². The molecule has 0 radical (unpaired) electrons. The lowest BCUT2D eigenvalue weighted by molar-refractivity contribution is -0.123. The Bertz CT molecular complexity index is 795. The van der Waals surface area contributed by atoms with Crippen molar-refractivity contribution in [3.05, 3.63) is 60.2 Å². The Kier molecular flexibility index (Phi) is 4.79. The molecule has 2 amide bonds. The van der Waals surface area contributed by atoms with Crippen molar-refractivity contribution in [3.8, 4) is 0 Å². The highest BCUT2D eigenvalue weighted by Gasteiger charge is 2.49. The summed E-state index contributed by atoms with van der Waals surface area (Å²) in [4.78, 5) is 26.5. The maximum Gasteiger partial charge on any atom is 0.230 e. The van der Waals surface area contributed by atoms with E-state index in [0.29, 0.717) is 13.0 Å². The van der Waals surface area contributed by atoms with Gasteiger partial charge in [-0.25, -0.2) is 8.78 Å². The average molecular weight is 344 g/mol. The van der Waals surface area contributed by atoms with Gasteiger partial charge in [-0.2, -0.15) is 0 Å². The summed E-state index contributed by atoms with van der Waals surface area (Å²) in [6, 6.07) is 12.4. The summed E-state index contributed by atoms with van der Waals surface area (Å²) >= 11 is 0. The smallest absolute Gasteiger partial charge is 0.230 e. The van der Waals surface area contributed by atoms with E-state index in [9.17, 15) is 18.4 Å². The summed E-state index contributed by atoms with van der Waals surface area (Å²) in [5, 5.41) is 2.54. The van der Waals surface area contributed by atoms with Gasteiger partial charge < -0.3 is 10.2 Å². The van der Waals surface area contributed by atoms with Crippen molar-refractivity contribution in [1.82, 2.24) is 0 Å². The molecule has 1 aliphatic carbocycles. The molecule has 2 aromatic rings. The molecule has 1 aliphatic rings. The number of benzene rings is 2. The van der Waals surface area contributed by atoms with Crippen molar-refractivity contribution < 1.29 is 18.4 Å². The van der Waals surface area contributed by atoms with E-state index in [1.807, 2.05) is 37.3 Å². The summed E-state index contributed by atoms with van der Waals surface area (Å²) in [5.74, 6) is -3.28. The molecule has 1 N–H and O–H groups in total. The SMILES string of the molecule is CCN(C(=O)C1CC1C(=O)Nc1ccc(F)c(F)c1)c1ccccc1. The molecule has 1 fully saturated rings. The highest BCUT2D eigenvalue weighted by molar-refractivity contribution is 6.04. The van der Waals surface area contributed by atoms with Crippen molar-refractivity contribution in [2.45, 2.75) is 13.3 Å². The van der Waals surface area contributed by atoms with Gasteiger partial charge >= 0.3 is 0 Å².